The van der Waals surface area contributed by atoms with E-state index in [1.165, 1.54) is 0 Å². The molecular formula is C12H13N3O2S. The SMILES string of the molecule is COc1cccc(CNC(=O)c2snnc2C)c1. The molecule has 0 aliphatic carbocycles. The van der Waals surface area contributed by atoms with Crippen LogP contribution in [0.4, 0.5) is 0 Å². The molecule has 1 N–H and O–H groups in total. The summed E-state index contributed by atoms with van der Waals surface area (Å²) in [7, 11) is 1.62. The predicted molar refractivity (Wildman–Crippen MR) is 68.8 cm³/mol. The van der Waals surface area contributed by atoms with Crippen LogP contribution in [-0.2, 0) is 6.54 Å². The monoisotopic (exact) mass is 263 g/mol. The Labute approximate surface area is 109 Å². The number of nitrogens with zero attached hydrogens (tertiary/aromatic N) is 2. The number of aromatic nitrogens is 2. The second-order valence-electron chi connectivity index (χ2n) is 3.72. The zero-order chi connectivity index (χ0) is 13.0. The number of benzene rings is 1. The van der Waals surface area contributed by atoms with Crippen molar-refractivity contribution < 1.29 is 9.53 Å². The molecule has 1 amide bonds. The zero-order valence-electron chi connectivity index (χ0n) is 10.1. The molecular weight excluding hydrogens is 250 g/mol. The molecule has 0 unspecified atom stereocenters. The van der Waals surface area contributed by atoms with Gasteiger partial charge in [-0.15, -0.1) is 5.10 Å². The normalized spacial score (nSPS) is 10.1. The van der Waals surface area contributed by atoms with Gasteiger partial charge in [0.05, 0.1) is 12.8 Å². The van der Waals surface area contributed by atoms with Gasteiger partial charge < -0.3 is 10.1 Å². The summed E-state index contributed by atoms with van der Waals surface area (Å²) in [4.78, 5) is 12.4. The first-order valence-electron chi connectivity index (χ1n) is 5.41. The summed E-state index contributed by atoms with van der Waals surface area (Å²) < 4.78 is 8.86. The van der Waals surface area contributed by atoms with Gasteiger partial charge in [-0.25, -0.2) is 0 Å². The predicted octanol–water partition coefficient (Wildman–Crippen LogP) is 1.79. The van der Waals surface area contributed by atoms with Crippen molar-refractivity contribution in [3.63, 3.8) is 0 Å². The number of carbonyl (C=O) groups excluding carboxylic acids is 1. The van der Waals surface area contributed by atoms with Crippen LogP contribution >= 0.6 is 11.5 Å². The smallest absolute Gasteiger partial charge is 0.265 e. The number of aryl methyl sites for hydroxylation is 1. The maximum atomic E-state index is 11.8. The third-order valence-corrected chi connectivity index (χ3v) is 3.27. The van der Waals surface area contributed by atoms with Gasteiger partial charge in [0.15, 0.2) is 0 Å². The fraction of sp³-hybridized carbons (Fsp3) is 0.250. The second kappa shape index (κ2) is 5.59. The summed E-state index contributed by atoms with van der Waals surface area (Å²) in [5.74, 6) is 0.628. The first-order chi connectivity index (χ1) is 8.70. The molecule has 0 aliphatic heterocycles. The lowest BCUT2D eigenvalue weighted by molar-refractivity contribution is 0.0954. The summed E-state index contributed by atoms with van der Waals surface area (Å²) in [6, 6.07) is 7.57. The molecule has 0 saturated carbocycles. The average molecular weight is 263 g/mol. The van der Waals surface area contributed by atoms with Crippen LogP contribution in [0.1, 0.15) is 20.9 Å². The first-order valence-corrected chi connectivity index (χ1v) is 6.18. The van der Waals surface area contributed by atoms with E-state index in [4.69, 9.17) is 4.74 Å². The van der Waals surface area contributed by atoms with Crippen LogP contribution in [0, 0.1) is 6.92 Å². The van der Waals surface area contributed by atoms with Crippen LogP contribution in [0.2, 0.25) is 0 Å². The Morgan fingerprint density at radius 2 is 2.33 bits per heavy atom. The van der Waals surface area contributed by atoms with Gasteiger partial charge in [-0.2, -0.15) is 0 Å². The average Bonchev–Trinajstić information content (AvgIpc) is 2.82. The lowest BCUT2D eigenvalue weighted by Crippen LogP contribution is -2.22. The van der Waals surface area contributed by atoms with Crippen molar-refractivity contribution in [1.29, 1.82) is 0 Å². The highest BCUT2D eigenvalue weighted by molar-refractivity contribution is 7.07. The Hall–Kier alpha value is -1.95. The summed E-state index contributed by atoms with van der Waals surface area (Å²) in [5.41, 5.74) is 1.64. The van der Waals surface area contributed by atoms with Crippen LogP contribution in [0.25, 0.3) is 0 Å². The molecule has 0 atom stereocenters. The van der Waals surface area contributed by atoms with Gasteiger partial charge in [0, 0.05) is 6.54 Å². The quantitative estimate of drug-likeness (QED) is 0.913. The summed E-state index contributed by atoms with van der Waals surface area (Å²) in [6.45, 7) is 2.22. The largest absolute Gasteiger partial charge is 0.497 e. The Balaban J connectivity index is 1.99. The number of ether oxygens (including phenoxy) is 1. The lowest BCUT2D eigenvalue weighted by atomic mass is 10.2. The van der Waals surface area contributed by atoms with E-state index in [9.17, 15) is 4.79 Å². The number of carbonyl (C=O) groups is 1. The fourth-order valence-corrected chi connectivity index (χ4v) is 2.06. The van der Waals surface area contributed by atoms with Crippen LogP contribution in [0.5, 0.6) is 5.75 Å². The summed E-state index contributed by atoms with van der Waals surface area (Å²) in [5, 5.41) is 6.64. The minimum Gasteiger partial charge on any atom is -0.497 e. The molecule has 2 rings (SSSR count). The minimum atomic E-state index is -0.148. The Bertz CT molecular complexity index is 554. The fourth-order valence-electron chi connectivity index (χ4n) is 1.48. The molecule has 18 heavy (non-hydrogen) atoms. The molecule has 2 aromatic rings. The van der Waals surface area contributed by atoms with Crippen molar-refractivity contribution in [3.05, 3.63) is 40.4 Å². The van der Waals surface area contributed by atoms with Gasteiger partial charge in [0.25, 0.3) is 5.91 Å². The number of rotatable bonds is 4. The van der Waals surface area contributed by atoms with Crippen molar-refractivity contribution in [3.8, 4) is 5.75 Å². The van der Waals surface area contributed by atoms with Gasteiger partial charge >= 0.3 is 0 Å². The molecule has 0 aliphatic rings. The molecule has 1 heterocycles. The van der Waals surface area contributed by atoms with Gasteiger partial charge in [-0.1, -0.05) is 16.6 Å². The maximum absolute atomic E-state index is 11.8. The molecule has 5 nitrogen and oxygen atoms in total. The van der Waals surface area contributed by atoms with Crippen LogP contribution < -0.4 is 10.1 Å². The maximum Gasteiger partial charge on any atom is 0.265 e. The van der Waals surface area contributed by atoms with Crippen molar-refractivity contribution in [2.24, 2.45) is 0 Å². The molecule has 0 radical (unpaired) electrons. The van der Waals surface area contributed by atoms with E-state index in [0.29, 0.717) is 17.1 Å². The highest BCUT2D eigenvalue weighted by atomic mass is 32.1. The van der Waals surface area contributed by atoms with Crippen molar-refractivity contribution in [2.75, 3.05) is 7.11 Å². The third-order valence-electron chi connectivity index (χ3n) is 2.44. The number of hydrogen-bond donors (Lipinski definition) is 1. The number of amides is 1. The number of methoxy groups -OCH3 is 1. The molecule has 0 saturated heterocycles. The molecule has 94 valence electrons. The molecule has 6 heteroatoms. The summed E-state index contributed by atoms with van der Waals surface area (Å²) in [6.07, 6.45) is 0. The minimum absolute atomic E-state index is 0.148. The lowest BCUT2D eigenvalue weighted by Gasteiger charge is -2.05. The van der Waals surface area contributed by atoms with Crippen LogP contribution in [-0.4, -0.2) is 22.6 Å². The van der Waals surface area contributed by atoms with Crippen molar-refractivity contribution in [1.82, 2.24) is 14.9 Å². The van der Waals surface area contributed by atoms with Crippen molar-refractivity contribution in [2.45, 2.75) is 13.5 Å². The van der Waals surface area contributed by atoms with E-state index in [2.05, 4.69) is 14.9 Å². The molecule has 0 spiro atoms. The molecule has 1 aromatic heterocycles. The second-order valence-corrected chi connectivity index (χ2v) is 4.48. The Kier molecular flexibility index (Phi) is 3.88. The van der Waals surface area contributed by atoms with Crippen LogP contribution in [0.3, 0.4) is 0 Å². The first kappa shape index (κ1) is 12.5. The highest BCUT2D eigenvalue weighted by Gasteiger charge is 2.12. The molecule has 1 aromatic carbocycles. The van der Waals surface area contributed by atoms with E-state index < -0.39 is 0 Å². The van der Waals surface area contributed by atoms with Gasteiger partial charge in [-0.05, 0) is 36.2 Å². The van der Waals surface area contributed by atoms with E-state index in [1.807, 2.05) is 24.3 Å². The van der Waals surface area contributed by atoms with Gasteiger partial charge in [0.2, 0.25) is 0 Å². The highest BCUT2D eigenvalue weighted by Crippen LogP contribution is 2.13. The molecule has 0 fully saturated rings. The number of nitrogens with one attached hydrogen (secondary N) is 1. The topological polar surface area (TPSA) is 64.1 Å². The van der Waals surface area contributed by atoms with E-state index in [0.717, 1.165) is 22.8 Å². The zero-order valence-corrected chi connectivity index (χ0v) is 11.0. The Morgan fingerprint density at radius 1 is 1.50 bits per heavy atom. The van der Waals surface area contributed by atoms with Gasteiger partial charge in [-0.3, -0.25) is 4.79 Å². The van der Waals surface area contributed by atoms with Crippen LogP contribution in [0.15, 0.2) is 24.3 Å². The van der Waals surface area contributed by atoms with Gasteiger partial charge in [0.1, 0.15) is 10.6 Å². The van der Waals surface area contributed by atoms with E-state index in [1.54, 1.807) is 14.0 Å². The van der Waals surface area contributed by atoms with E-state index in [-0.39, 0.29) is 5.91 Å². The van der Waals surface area contributed by atoms with Crippen molar-refractivity contribution >= 4 is 17.4 Å². The summed E-state index contributed by atoms with van der Waals surface area (Å²) >= 11 is 1.10. The Morgan fingerprint density at radius 3 is 3.00 bits per heavy atom. The third kappa shape index (κ3) is 2.84. The van der Waals surface area contributed by atoms with E-state index >= 15 is 0 Å². The molecule has 0 bridgehead atoms. The number of hydrogen-bond acceptors (Lipinski definition) is 5. The standard InChI is InChI=1S/C12H13N3O2S/c1-8-11(18-15-14-8)12(16)13-7-9-4-3-5-10(6-9)17-2/h3-6H,7H2,1-2H3,(H,13,16).